The third-order valence-corrected chi connectivity index (χ3v) is 5.36. The summed E-state index contributed by atoms with van der Waals surface area (Å²) in [5.74, 6) is -1.09. The average molecular weight is 351 g/mol. The van der Waals surface area contributed by atoms with Crippen LogP contribution in [0.25, 0.3) is 0 Å². The van der Waals surface area contributed by atoms with Crippen molar-refractivity contribution in [3.63, 3.8) is 0 Å². The van der Waals surface area contributed by atoms with Crippen LogP contribution in [-0.4, -0.2) is 44.1 Å². The van der Waals surface area contributed by atoms with Gasteiger partial charge in [0.05, 0.1) is 17.6 Å². The van der Waals surface area contributed by atoms with Crippen LogP contribution in [-0.2, 0) is 11.2 Å². The minimum absolute atomic E-state index is 0.00866. The van der Waals surface area contributed by atoms with Gasteiger partial charge in [0.25, 0.3) is 0 Å². The number of hydroxylamine groups is 1. The lowest BCUT2D eigenvalue weighted by atomic mass is 9.70. The third kappa shape index (κ3) is 5.22. The highest BCUT2D eigenvalue weighted by Crippen LogP contribution is 2.39. The molecule has 1 heterocycles. The van der Waals surface area contributed by atoms with Crippen LogP contribution in [0.5, 0.6) is 0 Å². The van der Waals surface area contributed by atoms with Gasteiger partial charge in [-0.3, -0.25) is 15.0 Å². The molecule has 1 aliphatic rings. The molecule has 140 valence electrons. The van der Waals surface area contributed by atoms with E-state index in [1.807, 2.05) is 12.1 Å². The number of carbonyl (C=O) groups excluding carboxylic acids is 1. The number of aromatic nitrogens is 1. The summed E-state index contributed by atoms with van der Waals surface area (Å²) in [6.45, 7) is 2.11. The molecule has 0 aromatic carbocycles. The Morgan fingerprint density at radius 1 is 1.44 bits per heavy atom. The quantitative estimate of drug-likeness (QED) is 0.364. The van der Waals surface area contributed by atoms with Crippen molar-refractivity contribution >= 4 is 5.91 Å². The lowest BCUT2D eigenvalue weighted by Gasteiger charge is -2.41. The molecule has 0 spiro atoms. The van der Waals surface area contributed by atoms with E-state index in [1.54, 1.807) is 17.7 Å². The van der Waals surface area contributed by atoms with Gasteiger partial charge in [0.15, 0.2) is 0 Å². The van der Waals surface area contributed by atoms with Crippen molar-refractivity contribution in [1.29, 1.82) is 0 Å². The number of amides is 1. The molecule has 1 aromatic rings. The summed E-state index contributed by atoms with van der Waals surface area (Å²) in [7, 11) is 0. The van der Waals surface area contributed by atoms with Gasteiger partial charge in [0, 0.05) is 24.4 Å². The first-order valence-corrected chi connectivity index (χ1v) is 8.85. The molecule has 0 saturated heterocycles. The van der Waals surface area contributed by atoms with Gasteiger partial charge in [0.2, 0.25) is 5.91 Å². The maximum Gasteiger partial charge on any atom is 0.249 e. The molecule has 1 fully saturated rings. The Bertz CT molecular complexity index is 547. The third-order valence-electron chi connectivity index (χ3n) is 5.36. The van der Waals surface area contributed by atoms with Crippen molar-refractivity contribution < 1.29 is 20.2 Å². The molecule has 3 atom stereocenters. The lowest BCUT2D eigenvalue weighted by Crippen LogP contribution is -2.51. The molecule has 25 heavy (non-hydrogen) atoms. The molecule has 2 rings (SSSR count). The molecule has 6 N–H and O–H groups in total. The molecule has 0 radical (unpaired) electrons. The number of pyridine rings is 1. The Balaban J connectivity index is 2.04. The van der Waals surface area contributed by atoms with Crippen molar-refractivity contribution in [2.75, 3.05) is 0 Å². The number of nitrogens with zero attached hydrogens (tertiary/aromatic N) is 1. The van der Waals surface area contributed by atoms with Crippen LogP contribution in [0.2, 0.25) is 0 Å². The van der Waals surface area contributed by atoms with E-state index in [0.29, 0.717) is 25.2 Å². The highest BCUT2D eigenvalue weighted by Gasteiger charge is 2.44. The number of hydrogen-bond donors (Lipinski definition) is 5. The molecule has 1 aromatic heterocycles. The Morgan fingerprint density at radius 3 is 2.68 bits per heavy atom. The first-order chi connectivity index (χ1) is 11.9. The number of hydrogen-bond acceptors (Lipinski definition) is 6. The maximum atomic E-state index is 12.1. The van der Waals surface area contributed by atoms with Crippen LogP contribution in [0.3, 0.4) is 0 Å². The lowest BCUT2D eigenvalue weighted by molar-refractivity contribution is -0.150. The van der Waals surface area contributed by atoms with Gasteiger partial charge in [-0.1, -0.05) is 13.0 Å². The molecule has 1 aliphatic carbocycles. The average Bonchev–Trinajstić information content (AvgIpc) is 2.62. The van der Waals surface area contributed by atoms with Crippen molar-refractivity contribution in [2.24, 2.45) is 17.6 Å². The van der Waals surface area contributed by atoms with Crippen molar-refractivity contribution in [2.45, 2.75) is 63.2 Å². The van der Waals surface area contributed by atoms with Crippen LogP contribution < -0.4 is 11.2 Å². The Labute approximate surface area is 148 Å². The van der Waals surface area contributed by atoms with Gasteiger partial charge >= 0.3 is 0 Å². The van der Waals surface area contributed by atoms with Gasteiger partial charge in [-0.05, 0) is 50.2 Å². The number of carbonyl (C=O) groups is 1. The normalized spacial score (nSPS) is 27.3. The Hall–Kier alpha value is -1.54. The van der Waals surface area contributed by atoms with E-state index < -0.39 is 29.6 Å². The molecule has 7 nitrogen and oxygen atoms in total. The zero-order chi connectivity index (χ0) is 18.4. The van der Waals surface area contributed by atoms with Gasteiger partial charge in [-0.2, -0.15) is 0 Å². The molecule has 1 saturated carbocycles. The van der Waals surface area contributed by atoms with E-state index in [-0.39, 0.29) is 6.42 Å². The van der Waals surface area contributed by atoms with Crippen molar-refractivity contribution in [1.82, 2.24) is 10.5 Å². The summed E-state index contributed by atoms with van der Waals surface area (Å²) in [4.78, 5) is 16.3. The zero-order valence-corrected chi connectivity index (χ0v) is 14.6. The molecular formula is C18H29N3O4. The Kier molecular flexibility index (Phi) is 6.89. The number of nitrogens with one attached hydrogen (secondary N) is 1. The SMILES string of the molecule is CC1CCC(O)(C(CC(O)C(N)Cc2ccccn2)C(=O)NO)CC1. The number of nitrogens with two attached hydrogens (primary N) is 1. The van der Waals surface area contributed by atoms with Gasteiger partial charge < -0.3 is 15.9 Å². The first-order valence-electron chi connectivity index (χ1n) is 8.85. The highest BCUT2D eigenvalue weighted by atomic mass is 16.5. The van der Waals surface area contributed by atoms with Gasteiger partial charge in [-0.15, -0.1) is 0 Å². The minimum Gasteiger partial charge on any atom is -0.391 e. The van der Waals surface area contributed by atoms with E-state index in [2.05, 4.69) is 11.9 Å². The zero-order valence-electron chi connectivity index (χ0n) is 14.6. The van der Waals surface area contributed by atoms with Crippen LogP contribution >= 0.6 is 0 Å². The molecule has 3 unspecified atom stereocenters. The summed E-state index contributed by atoms with van der Waals surface area (Å²) in [5, 5.41) is 30.5. The second-order valence-corrected chi connectivity index (χ2v) is 7.31. The van der Waals surface area contributed by atoms with Crippen LogP contribution in [0.4, 0.5) is 0 Å². The summed E-state index contributed by atoms with van der Waals surface area (Å²) in [6.07, 6.45) is 3.57. The highest BCUT2D eigenvalue weighted by molar-refractivity contribution is 5.78. The molecule has 7 heteroatoms. The first kappa shape index (κ1) is 19.8. The fourth-order valence-corrected chi connectivity index (χ4v) is 3.57. The largest absolute Gasteiger partial charge is 0.391 e. The second-order valence-electron chi connectivity index (χ2n) is 7.31. The second kappa shape index (κ2) is 8.71. The summed E-state index contributed by atoms with van der Waals surface area (Å²) >= 11 is 0. The number of aliphatic hydroxyl groups is 2. The fourth-order valence-electron chi connectivity index (χ4n) is 3.57. The van der Waals surface area contributed by atoms with E-state index >= 15 is 0 Å². The number of rotatable bonds is 7. The maximum absolute atomic E-state index is 12.1. The van der Waals surface area contributed by atoms with Crippen molar-refractivity contribution in [3.8, 4) is 0 Å². The fraction of sp³-hybridized carbons (Fsp3) is 0.667. The van der Waals surface area contributed by atoms with Gasteiger partial charge in [-0.25, -0.2) is 5.48 Å². The summed E-state index contributed by atoms with van der Waals surface area (Å²) in [5.41, 5.74) is 7.22. The smallest absolute Gasteiger partial charge is 0.249 e. The van der Waals surface area contributed by atoms with Crippen LogP contribution in [0, 0.1) is 11.8 Å². The van der Waals surface area contributed by atoms with Gasteiger partial charge in [0.1, 0.15) is 0 Å². The Morgan fingerprint density at radius 2 is 2.12 bits per heavy atom. The van der Waals surface area contributed by atoms with Crippen molar-refractivity contribution in [3.05, 3.63) is 30.1 Å². The minimum atomic E-state index is -1.23. The molecular weight excluding hydrogens is 322 g/mol. The molecule has 0 bridgehead atoms. The van der Waals surface area contributed by atoms with E-state index in [4.69, 9.17) is 10.9 Å². The van der Waals surface area contributed by atoms with E-state index in [0.717, 1.165) is 18.5 Å². The standard InChI is InChI=1S/C18H29N3O4/c1-12-5-7-18(24,8-6-12)14(17(23)21-25)11-16(22)15(19)10-13-4-2-3-9-20-13/h2-4,9,12,14-16,22,24-25H,5-8,10-11,19H2,1H3,(H,21,23). The monoisotopic (exact) mass is 351 g/mol. The predicted molar refractivity (Wildman–Crippen MR) is 92.5 cm³/mol. The predicted octanol–water partition coefficient (Wildman–Crippen LogP) is 0.765. The summed E-state index contributed by atoms with van der Waals surface area (Å²) in [6, 6.07) is 4.85. The van der Waals surface area contributed by atoms with E-state index in [9.17, 15) is 15.0 Å². The van der Waals surface area contributed by atoms with Crippen LogP contribution in [0.15, 0.2) is 24.4 Å². The van der Waals surface area contributed by atoms with E-state index in [1.165, 1.54) is 0 Å². The topological polar surface area (TPSA) is 129 Å². The number of aliphatic hydroxyl groups excluding tert-OH is 1. The summed E-state index contributed by atoms with van der Waals surface area (Å²) < 4.78 is 0. The van der Waals surface area contributed by atoms with Crippen LogP contribution in [0.1, 0.15) is 44.7 Å². The molecule has 1 amide bonds. The molecule has 0 aliphatic heterocycles.